The van der Waals surface area contributed by atoms with Crippen molar-refractivity contribution >= 4 is 0 Å². The summed E-state index contributed by atoms with van der Waals surface area (Å²) in [7, 11) is 1.62. The van der Waals surface area contributed by atoms with Gasteiger partial charge in [0.05, 0.1) is 7.11 Å². The molecule has 1 aromatic carbocycles. The number of ether oxygens (including phenoxy) is 3. The molecule has 1 fully saturated rings. The van der Waals surface area contributed by atoms with Crippen molar-refractivity contribution in [1.29, 1.82) is 0 Å². The van der Waals surface area contributed by atoms with Crippen LogP contribution in [0.25, 0.3) is 0 Å². The SMILES string of the molecule is COc1ccccc1OCc1nc([C@H]2CCCO2)n[nH]1. The van der Waals surface area contributed by atoms with Crippen LogP contribution in [-0.4, -0.2) is 28.9 Å². The van der Waals surface area contributed by atoms with Crippen LogP contribution in [0.4, 0.5) is 0 Å². The zero-order chi connectivity index (χ0) is 13.8. The molecular formula is C14H17N3O3. The maximum Gasteiger partial charge on any atom is 0.179 e. The van der Waals surface area contributed by atoms with Crippen molar-refractivity contribution in [3.8, 4) is 11.5 Å². The topological polar surface area (TPSA) is 69.3 Å². The molecule has 3 rings (SSSR count). The largest absolute Gasteiger partial charge is 0.493 e. The fourth-order valence-electron chi connectivity index (χ4n) is 2.18. The minimum absolute atomic E-state index is 0.0197. The number of para-hydroxylation sites is 2. The highest BCUT2D eigenvalue weighted by atomic mass is 16.5. The molecule has 1 atom stereocenters. The third kappa shape index (κ3) is 2.75. The molecule has 0 amide bonds. The Bertz CT molecular complexity index is 564. The summed E-state index contributed by atoms with van der Waals surface area (Å²) in [6, 6.07) is 7.51. The van der Waals surface area contributed by atoms with Crippen molar-refractivity contribution in [2.24, 2.45) is 0 Å². The molecule has 0 spiro atoms. The third-order valence-corrected chi connectivity index (χ3v) is 3.20. The van der Waals surface area contributed by atoms with Gasteiger partial charge in [0.15, 0.2) is 23.1 Å². The molecule has 0 aliphatic carbocycles. The van der Waals surface area contributed by atoms with E-state index in [1.165, 1.54) is 0 Å². The Labute approximate surface area is 117 Å². The minimum Gasteiger partial charge on any atom is -0.493 e. The molecule has 1 aromatic heterocycles. The molecule has 6 nitrogen and oxygen atoms in total. The van der Waals surface area contributed by atoms with Gasteiger partial charge in [-0.3, -0.25) is 5.10 Å². The first-order valence-electron chi connectivity index (χ1n) is 6.65. The molecule has 0 radical (unpaired) electrons. The van der Waals surface area contributed by atoms with Gasteiger partial charge in [-0.05, 0) is 25.0 Å². The molecule has 0 bridgehead atoms. The Morgan fingerprint density at radius 1 is 1.35 bits per heavy atom. The molecule has 0 saturated carbocycles. The number of hydrogen-bond acceptors (Lipinski definition) is 5. The van der Waals surface area contributed by atoms with Gasteiger partial charge < -0.3 is 14.2 Å². The van der Waals surface area contributed by atoms with Gasteiger partial charge in [-0.25, -0.2) is 4.98 Å². The summed E-state index contributed by atoms with van der Waals surface area (Å²) in [5.74, 6) is 2.78. The molecule has 106 valence electrons. The summed E-state index contributed by atoms with van der Waals surface area (Å²) in [5.41, 5.74) is 0. The summed E-state index contributed by atoms with van der Waals surface area (Å²) in [6.45, 7) is 1.10. The van der Waals surface area contributed by atoms with Gasteiger partial charge in [0.1, 0.15) is 12.7 Å². The minimum atomic E-state index is 0.0197. The smallest absolute Gasteiger partial charge is 0.179 e. The van der Waals surface area contributed by atoms with Crippen LogP contribution >= 0.6 is 0 Å². The maximum absolute atomic E-state index is 5.69. The lowest BCUT2D eigenvalue weighted by molar-refractivity contribution is 0.105. The monoisotopic (exact) mass is 275 g/mol. The first kappa shape index (κ1) is 12.9. The second-order valence-electron chi connectivity index (χ2n) is 4.58. The molecular weight excluding hydrogens is 258 g/mol. The molecule has 0 unspecified atom stereocenters. The summed E-state index contributed by atoms with van der Waals surface area (Å²) in [5, 5.41) is 7.06. The number of benzene rings is 1. The van der Waals surface area contributed by atoms with Crippen molar-refractivity contribution in [1.82, 2.24) is 15.2 Å². The quantitative estimate of drug-likeness (QED) is 0.906. The second kappa shape index (κ2) is 5.92. The van der Waals surface area contributed by atoms with E-state index in [0.717, 1.165) is 19.4 Å². The number of aromatic amines is 1. The predicted molar refractivity (Wildman–Crippen MR) is 71.6 cm³/mol. The fraction of sp³-hybridized carbons (Fsp3) is 0.429. The van der Waals surface area contributed by atoms with Gasteiger partial charge in [0.25, 0.3) is 0 Å². The molecule has 2 aromatic rings. The highest BCUT2D eigenvalue weighted by molar-refractivity contribution is 5.39. The molecule has 1 saturated heterocycles. The van der Waals surface area contributed by atoms with Crippen LogP contribution in [0.3, 0.4) is 0 Å². The van der Waals surface area contributed by atoms with Crippen LogP contribution in [0.15, 0.2) is 24.3 Å². The average Bonchev–Trinajstić information content (AvgIpc) is 3.16. The van der Waals surface area contributed by atoms with E-state index in [1.807, 2.05) is 24.3 Å². The van der Waals surface area contributed by atoms with Crippen LogP contribution in [-0.2, 0) is 11.3 Å². The number of rotatable bonds is 5. The van der Waals surface area contributed by atoms with Gasteiger partial charge in [-0.15, -0.1) is 0 Å². The van der Waals surface area contributed by atoms with E-state index in [0.29, 0.717) is 29.8 Å². The van der Waals surface area contributed by atoms with Crippen LogP contribution < -0.4 is 9.47 Å². The van der Waals surface area contributed by atoms with E-state index < -0.39 is 0 Å². The van der Waals surface area contributed by atoms with Gasteiger partial charge >= 0.3 is 0 Å². The lowest BCUT2D eigenvalue weighted by Gasteiger charge is -2.08. The molecule has 6 heteroatoms. The van der Waals surface area contributed by atoms with E-state index in [4.69, 9.17) is 14.2 Å². The lowest BCUT2D eigenvalue weighted by atomic mass is 10.2. The number of H-pyrrole nitrogens is 1. The van der Waals surface area contributed by atoms with Crippen molar-refractivity contribution in [3.63, 3.8) is 0 Å². The van der Waals surface area contributed by atoms with Crippen molar-refractivity contribution in [2.75, 3.05) is 13.7 Å². The van der Waals surface area contributed by atoms with Gasteiger partial charge in [-0.1, -0.05) is 12.1 Å². The number of nitrogens with zero attached hydrogens (tertiary/aromatic N) is 2. The highest BCUT2D eigenvalue weighted by Gasteiger charge is 2.22. The summed E-state index contributed by atoms with van der Waals surface area (Å²) in [6.07, 6.45) is 2.06. The number of aromatic nitrogens is 3. The first-order chi connectivity index (χ1) is 9.86. The van der Waals surface area contributed by atoms with Gasteiger partial charge in [-0.2, -0.15) is 5.10 Å². The van der Waals surface area contributed by atoms with E-state index in [1.54, 1.807) is 7.11 Å². The normalized spacial score (nSPS) is 18.1. The van der Waals surface area contributed by atoms with Crippen LogP contribution in [0, 0.1) is 0 Å². The maximum atomic E-state index is 5.69. The van der Waals surface area contributed by atoms with Crippen LogP contribution in [0.2, 0.25) is 0 Å². The molecule has 2 heterocycles. The Morgan fingerprint density at radius 2 is 2.20 bits per heavy atom. The fourth-order valence-corrected chi connectivity index (χ4v) is 2.18. The third-order valence-electron chi connectivity index (χ3n) is 3.20. The Morgan fingerprint density at radius 3 is 2.95 bits per heavy atom. The average molecular weight is 275 g/mol. The second-order valence-corrected chi connectivity index (χ2v) is 4.58. The number of hydrogen-bond donors (Lipinski definition) is 1. The number of methoxy groups -OCH3 is 1. The van der Waals surface area contributed by atoms with Crippen molar-refractivity contribution < 1.29 is 14.2 Å². The van der Waals surface area contributed by atoms with Gasteiger partial charge in [0.2, 0.25) is 0 Å². The summed E-state index contributed by atoms with van der Waals surface area (Å²) in [4.78, 5) is 4.41. The Hall–Kier alpha value is -2.08. The van der Waals surface area contributed by atoms with Gasteiger partial charge in [0, 0.05) is 6.61 Å². The van der Waals surface area contributed by atoms with Crippen LogP contribution in [0.1, 0.15) is 30.6 Å². The first-order valence-corrected chi connectivity index (χ1v) is 6.65. The molecule has 20 heavy (non-hydrogen) atoms. The highest BCUT2D eigenvalue weighted by Crippen LogP contribution is 2.27. The van der Waals surface area contributed by atoms with E-state index in [-0.39, 0.29) is 6.10 Å². The van der Waals surface area contributed by atoms with Crippen molar-refractivity contribution in [3.05, 3.63) is 35.9 Å². The Balaban J connectivity index is 1.63. The molecule has 1 aliphatic rings. The summed E-state index contributed by atoms with van der Waals surface area (Å²) < 4.78 is 16.5. The van der Waals surface area contributed by atoms with Crippen LogP contribution in [0.5, 0.6) is 11.5 Å². The molecule has 1 N–H and O–H groups in total. The standard InChI is InChI=1S/C14H17N3O3/c1-18-10-5-2-3-6-11(10)20-9-13-15-14(17-16-13)12-7-4-8-19-12/h2-3,5-6,12H,4,7-9H2,1H3,(H,15,16,17)/t12-/m1/s1. The summed E-state index contributed by atoms with van der Waals surface area (Å²) >= 11 is 0. The Kier molecular flexibility index (Phi) is 3.83. The van der Waals surface area contributed by atoms with Crippen molar-refractivity contribution in [2.45, 2.75) is 25.6 Å². The predicted octanol–water partition coefficient (Wildman–Crippen LogP) is 2.24. The lowest BCUT2D eigenvalue weighted by Crippen LogP contribution is -2.01. The number of nitrogens with one attached hydrogen (secondary N) is 1. The van der Waals surface area contributed by atoms with E-state index >= 15 is 0 Å². The van der Waals surface area contributed by atoms with E-state index in [2.05, 4.69) is 15.2 Å². The zero-order valence-corrected chi connectivity index (χ0v) is 11.3. The van der Waals surface area contributed by atoms with E-state index in [9.17, 15) is 0 Å². The zero-order valence-electron chi connectivity index (χ0n) is 11.3. The molecule has 1 aliphatic heterocycles.